The van der Waals surface area contributed by atoms with Crippen LogP contribution in [-0.2, 0) is 0 Å². The van der Waals surface area contributed by atoms with Crippen LogP contribution in [0, 0.1) is 5.82 Å². The molecule has 0 aliphatic carbocycles. The summed E-state index contributed by atoms with van der Waals surface area (Å²) in [6, 6.07) is 30.5. The number of piperazine rings is 1. The van der Waals surface area contributed by atoms with Crippen molar-refractivity contribution in [1.29, 1.82) is 0 Å². The van der Waals surface area contributed by atoms with Crippen molar-refractivity contribution in [2.45, 2.75) is 6.04 Å². The molecule has 1 aromatic heterocycles. The summed E-state index contributed by atoms with van der Waals surface area (Å²) in [4.78, 5) is 9.56. The van der Waals surface area contributed by atoms with E-state index in [-0.39, 0.29) is 11.9 Å². The van der Waals surface area contributed by atoms with Gasteiger partial charge < -0.3 is 4.90 Å². The molecule has 1 aliphatic heterocycles. The van der Waals surface area contributed by atoms with E-state index in [1.54, 1.807) is 6.07 Å². The second kappa shape index (κ2) is 8.25. The Kier molecular flexibility index (Phi) is 5.16. The number of hydrogen-bond acceptors (Lipinski definition) is 3. The van der Waals surface area contributed by atoms with Crippen LogP contribution in [0.4, 0.5) is 10.2 Å². The first-order valence-corrected chi connectivity index (χ1v) is 10.4. The van der Waals surface area contributed by atoms with Gasteiger partial charge in [0, 0.05) is 37.6 Å². The fraction of sp³-hybridized carbons (Fsp3) is 0.192. The third-order valence-electron chi connectivity index (χ3n) is 5.87. The van der Waals surface area contributed by atoms with Crippen LogP contribution in [0.15, 0.2) is 91.0 Å². The molecule has 0 bridgehead atoms. The molecule has 1 fully saturated rings. The van der Waals surface area contributed by atoms with Gasteiger partial charge in [0.15, 0.2) is 0 Å². The lowest BCUT2D eigenvalue weighted by Crippen LogP contribution is -2.48. The summed E-state index contributed by atoms with van der Waals surface area (Å²) in [6.07, 6.45) is 0. The molecule has 0 spiro atoms. The topological polar surface area (TPSA) is 19.4 Å². The molecule has 0 unspecified atom stereocenters. The van der Waals surface area contributed by atoms with Crippen molar-refractivity contribution >= 4 is 16.7 Å². The maximum absolute atomic E-state index is 13.6. The SMILES string of the molecule is Fc1ccc2ccc(N3CCN(C(c4ccccc4)c4ccccc4)CC3)nc2c1. The van der Waals surface area contributed by atoms with E-state index in [1.807, 2.05) is 12.1 Å². The van der Waals surface area contributed by atoms with Gasteiger partial charge >= 0.3 is 0 Å². The molecular weight excluding hydrogens is 373 g/mol. The lowest BCUT2D eigenvalue weighted by atomic mass is 9.96. The summed E-state index contributed by atoms with van der Waals surface area (Å²) in [6.45, 7) is 3.67. The van der Waals surface area contributed by atoms with Crippen LogP contribution >= 0.6 is 0 Å². The minimum Gasteiger partial charge on any atom is -0.354 e. The van der Waals surface area contributed by atoms with Crippen molar-refractivity contribution in [1.82, 2.24) is 9.88 Å². The second-order valence-corrected chi connectivity index (χ2v) is 7.75. The third-order valence-corrected chi connectivity index (χ3v) is 5.87. The van der Waals surface area contributed by atoms with Gasteiger partial charge in [0.1, 0.15) is 11.6 Å². The Balaban J connectivity index is 1.37. The Labute approximate surface area is 176 Å². The number of hydrogen-bond donors (Lipinski definition) is 0. The van der Waals surface area contributed by atoms with Crippen LogP contribution in [-0.4, -0.2) is 36.1 Å². The summed E-state index contributed by atoms with van der Waals surface area (Å²) in [5.74, 6) is 0.675. The van der Waals surface area contributed by atoms with E-state index in [2.05, 4.69) is 70.5 Å². The van der Waals surface area contributed by atoms with E-state index in [0.717, 1.165) is 37.4 Å². The fourth-order valence-corrected chi connectivity index (χ4v) is 4.35. The minimum atomic E-state index is -0.245. The highest BCUT2D eigenvalue weighted by molar-refractivity contribution is 5.80. The molecule has 30 heavy (non-hydrogen) atoms. The molecule has 0 N–H and O–H groups in total. The molecule has 3 nitrogen and oxygen atoms in total. The van der Waals surface area contributed by atoms with Crippen LogP contribution < -0.4 is 4.90 Å². The molecule has 3 aromatic carbocycles. The molecule has 150 valence electrons. The molecule has 4 aromatic rings. The first-order valence-electron chi connectivity index (χ1n) is 10.4. The van der Waals surface area contributed by atoms with E-state index in [9.17, 15) is 4.39 Å². The first-order chi connectivity index (χ1) is 14.8. The number of rotatable bonds is 4. The summed E-state index contributed by atoms with van der Waals surface area (Å²) in [5.41, 5.74) is 3.34. The molecule has 0 atom stereocenters. The zero-order chi connectivity index (χ0) is 20.3. The number of pyridine rings is 1. The summed E-state index contributed by atoms with van der Waals surface area (Å²) in [5, 5.41) is 0.965. The molecule has 2 heterocycles. The molecule has 0 saturated carbocycles. The summed E-state index contributed by atoms with van der Waals surface area (Å²) < 4.78 is 13.6. The van der Waals surface area contributed by atoms with Gasteiger partial charge in [0.25, 0.3) is 0 Å². The van der Waals surface area contributed by atoms with Crippen molar-refractivity contribution in [3.63, 3.8) is 0 Å². The van der Waals surface area contributed by atoms with Gasteiger partial charge in [-0.2, -0.15) is 0 Å². The van der Waals surface area contributed by atoms with E-state index in [4.69, 9.17) is 4.98 Å². The molecule has 1 aliphatic rings. The second-order valence-electron chi connectivity index (χ2n) is 7.75. The lowest BCUT2D eigenvalue weighted by molar-refractivity contribution is 0.212. The quantitative estimate of drug-likeness (QED) is 0.467. The van der Waals surface area contributed by atoms with Crippen molar-refractivity contribution < 1.29 is 4.39 Å². The summed E-state index contributed by atoms with van der Waals surface area (Å²) >= 11 is 0. The average molecular weight is 397 g/mol. The molecule has 5 rings (SSSR count). The Bertz CT molecular complexity index is 1080. The van der Waals surface area contributed by atoms with Crippen LogP contribution in [0.25, 0.3) is 10.9 Å². The number of nitrogens with zero attached hydrogens (tertiary/aromatic N) is 3. The molecule has 0 radical (unpaired) electrons. The highest BCUT2D eigenvalue weighted by Gasteiger charge is 2.26. The highest BCUT2D eigenvalue weighted by atomic mass is 19.1. The minimum absolute atomic E-state index is 0.244. The van der Waals surface area contributed by atoms with E-state index < -0.39 is 0 Å². The zero-order valence-corrected chi connectivity index (χ0v) is 16.8. The van der Waals surface area contributed by atoms with E-state index in [0.29, 0.717) is 5.52 Å². The molecular formula is C26H24FN3. The Morgan fingerprint density at radius 1 is 0.700 bits per heavy atom. The van der Waals surface area contributed by atoms with Gasteiger partial charge in [0.2, 0.25) is 0 Å². The number of halogens is 1. The monoisotopic (exact) mass is 397 g/mol. The predicted octanol–water partition coefficient (Wildman–Crippen LogP) is 5.29. The molecule has 1 saturated heterocycles. The van der Waals surface area contributed by atoms with Gasteiger partial charge in [-0.25, -0.2) is 9.37 Å². The van der Waals surface area contributed by atoms with Crippen molar-refractivity contribution in [3.8, 4) is 0 Å². The van der Waals surface area contributed by atoms with Gasteiger partial charge in [-0.3, -0.25) is 4.90 Å². The first kappa shape index (κ1) is 18.8. The van der Waals surface area contributed by atoms with Crippen molar-refractivity contribution in [2.75, 3.05) is 31.1 Å². The smallest absolute Gasteiger partial charge is 0.129 e. The number of fused-ring (bicyclic) bond motifs is 1. The Hall–Kier alpha value is -3.24. The van der Waals surface area contributed by atoms with Gasteiger partial charge in [-0.15, -0.1) is 0 Å². The van der Waals surface area contributed by atoms with Crippen LogP contribution in [0.2, 0.25) is 0 Å². The normalized spacial score (nSPS) is 15.1. The predicted molar refractivity (Wildman–Crippen MR) is 120 cm³/mol. The molecule has 0 amide bonds. The van der Waals surface area contributed by atoms with Gasteiger partial charge in [-0.1, -0.05) is 60.7 Å². The standard InChI is InChI=1S/C26H24FN3/c27-23-13-11-20-12-14-25(28-24(20)19-23)29-15-17-30(18-16-29)26(21-7-3-1-4-8-21)22-9-5-2-6-10-22/h1-14,19,26H,15-18H2. The highest BCUT2D eigenvalue weighted by Crippen LogP contribution is 2.30. The van der Waals surface area contributed by atoms with Gasteiger partial charge in [0.05, 0.1) is 11.6 Å². The Morgan fingerprint density at radius 3 is 1.93 bits per heavy atom. The lowest BCUT2D eigenvalue weighted by Gasteiger charge is -2.40. The number of benzene rings is 3. The number of aromatic nitrogens is 1. The molecule has 4 heteroatoms. The van der Waals surface area contributed by atoms with Crippen LogP contribution in [0.1, 0.15) is 17.2 Å². The van der Waals surface area contributed by atoms with Crippen molar-refractivity contribution in [2.24, 2.45) is 0 Å². The Morgan fingerprint density at radius 2 is 1.30 bits per heavy atom. The third kappa shape index (κ3) is 3.79. The van der Waals surface area contributed by atoms with Crippen LogP contribution in [0.5, 0.6) is 0 Å². The van der Waals surface area contributed by atoms with E-state index in [1.165, 1.54) is 23.3 Å². The maximum atomic E-state index is 13.6. The largest absolute Gasteiger partial charge is 0.354 e. The van der Waals surface area contributed by atoms with Crippen LogP contribution in [0.3, 0.4) is 0 Å². The maximum Gasteiger partial charge on any atom is 0.129 e. The number of anilines is 1. The fourth-order valence-electron chi connectivity index (χ4n) is 4.35. The average Bonchev–Trinajstić information content (AvgIpc) is 2.81. The zero-order valence-electron chi connectivity index (χ0n) is 16.8. The van der Waals surface area contributed by atoms with Crippen molar-refractivity contribution in [3.05, 3.63) is 108 Å². The summed E-state index contributed by atoms with van der Waals surface area (Å²) in [7, 11) is 0. The van der Waals surface area contributed by atoms with E-state index >= 15 is 0 Å². The van der Waals surface area contributed by atoms with Gasteiger partial charge in [-0.05, 0) is 35.4 Å².